The molecule has 0 fully saturated rings. The van der Waals surface area contributed by atoms with Gasteiger partial charge in [-0.3, -0.25) is 9.48 Å². The quantitative estimate of drug-likeness (QED) is 0.591. The van der Waals surface area contributed by atoms with Crippen LogP contribution in [0.4, 0.5) is 0 Å². The van der Waals surface area contributed by atoms with Crippen molar-refractivity contribution in [3.05, 3.63) is 71.3 Å². The number of nitrogens with zero attached hydrogens (tertiary/aromatic N) is 6. The van der Waals surface area contributed by atoms with E-state index in [2.05, 4.69) is 28.1 Å². The first-order chi connectivity index (χ1) is 13.1. The zero-order chi connectivity index (χ0) is 18.5. The predicted molar refractivity (Wildman–Crippen MR) is 98.3 cm³/mol. The van der Waals surface area contributed by atoms with Crippen LogP contribution in [0.2, 0.25) is 0 Å². The van der Waals surface area contributed by atoms with Crippen LogP contribution < -0.4 is 0 Å². The molecule has 5 heterocycles. The summed E-state index contributed by atoms with van der Waals surface area (Å²) in [4.78, 5) is 22.8. The lowest BCUT2D eigenvalue weighted by Crippen LogP contribution is -2.41. The van der Waals surface area contributed by atoms with Crippen molar-refractivity contribution in [1.82, 2.24) is 34.3 Å². The zero-order valence-electron chi connectivity index (χ0n) is 15.1. The summed E-state index contributed by atoms with van der Waals surface area (Å²) in [5, 5.41) is 8.90. The largest absolute Gasteiger partial charge is 0.348 e. The topological polar surface area (TPSA) is 84.1 Å². The third-order valence-corrected chi connectivity index (χ3v) is 5.24. The first kappa shape index (κ1) is 15.8. The molecule has 136 valence electrons. The first-order valence-electron chi connectivity index (χ1n) is 8.89. The second kappa shape index (κ2) is 5.80. The zero-order valence-corrected chi connectivity index (χ0v) is 15.1. The smallest absolute Gasteiger partial charge is 0.273 e. The average Bonchev–Trinajstić information content (AvgIpc) is 3.39. The molecule has 1 atom stereocenters. The summed E-state index contributed by atoms with van der Waals surface area (Å²) in [5.74, 6) is -0.0672. The molecule has 5 rings (SSSR count). The van der Waals surface area contributed by atoms with E-state index in [0.29, 0.717) is 12.2 Å². The van der Waals surface area contributed by atoms with Crippen molar-refractivity contribution in [3.8, 4) is 0 Å². The van der Waals surface area contributed by atoms with Gasteiger partial charge in [0.2, 0.25) is 0 Å². The van der Waals surface area contributed by atoms with E-state index in [1.54, 1.807) is 30.3 Å². The third kappa shape index (κ3) is 2.37. The fraction of sp³-hybridized carbons (Fsp3) is 0.263. The van der Waals surface area contributed by atoms with Crippen LogP contribution in [-0.4, -0.2) is 46.7 Å². The molecule has 27 heavy (non-hydrogen) atoms. The summed E-state index contributed by atoms with van der Waals surface area (Å²) in [6, 6.07) is 7.49. The van der Waals surface area contributed by atoms with Crippen molar-refractivity contribution >= 4 is 11.4 Å². The summed E-state index contributed by atoms with van der Waals surface area (Å²) in [6.45, 7) is 2.65. The van der Waals surface area contributed by atoms with Crippen molar-refractivity contribution in [2.24, 2.45) is 7.05 Å². The molecule has 8 nitrogen and oxygen atoms in total. The van der Waals surface area contributed by atoms with Crippen molar-refractivity contribution in [2.45, 2.75) is 19.4 Å². The highest BCUT2D eigenvalue weighted by molar-refractivity contribution is 5.93. The molecule has 8 heteroatoms. The number of hydrogen-bond acceptors (Lipinski definition) is 4. The first-order valence-corrected chi connectivity index (χ1v) is 8.89. The second-order valence-corrected chi connectivity index (χ2v) is 6.85. The minimum Gasteiger partial charge on any atom is -0.348 e. The lowest BCUT2D eigenvalue weighted by molar-refractivity contribution is 0.0675. The Kier molecular flexibility index (Phi) is 3.40. The van der Waals surface area contributed by atoms with Crippen LogP contribution in [0.1, 0.15) is 39.2 Å². The molecule has 1 aliphatic rings. The normalized spacial score (nSPS) is 16.7. The summed E-state index contributed by atoms with van der Waals surface area (Å²) < 4.78 is 3.46. The Bertz CT molecular complexity index is 1150. The Hall–Kier alpha value is -3.42. The molecule has 0 aliphatic carbocycles. The molecule has 1 unspecified atom stereocenters. The fourth-order valence-electron chi connectivity index (χ4n) is 3.84. The van der Waals surface area contributed by atoms with Gasteiger partial charge in [0, 0.05) is 38.1 Å². The summed E-state index contributed by atoms with van der Waals surface area (Å²) in [5.41, 5.74) is 5.45. The number of carbonyl (C=O) groups is 1. The molecular formula is C19H19N7O. The SMILES string of the molecule is Cc1cccn2nc(C3c4nc[nH]c4CCN3C(=O)c3ccnn3C)cc12. The number of aromatic amines is 1. The molecule has 0 spiro atoms. The predicted octanol–water partition coefficient (Wildman–Crippen LogP) is 1.89. The number of fused-ring (bicyclic) bond motifs is 2. The van der Waals surface area contributed by atoms with Gasteiger partial charge in [-0.1, -0.05) is 6.07 Å². The van der Waals surface area contributed by atoms with E-state index in [1.807, 2.05) is 27.7 Å². The van der Waals surface area contributed by atoms with Crippen LogP contribution in [-0.2, 0) is 13.5 Å². The van der Waals surface area contributed by atoms with Crippen molar-refractivity contribution in [2.75, 3.05) is 6.54 Å². The van der Waals surface area contributed by atoms with Gasteiger partial charge in [0.25, 0.3) is 5.91 Å². The lowest BCUT2D eigenvalue weighted by Gasteiger charge is -2.33. The molecule has 4 aromatic rings. The maximum absolute atomic E-state index is 13.3. The van der Waals surface area contributed by atoms with Gasteiger partial charge in [0.1, 0.15) is 11.7 Å². The van der Waals surface area contributed by atoms with Gasteiger partial charge < -0.3 is 9.88 Å². The summed E-state index contributed by atoms with van der Waals surface area (Å²) >= 11 is 0. The molecule has 0 saturated carbocycles. The molecule has 1 amide bonds. The van der Waals surface area contributed by atoms with Crippen LogP contribution in [0.15, 0.2) is 43.0 Å². The monoisotopic (exact) mass is 361 g/mol. The number of amides is 1. The van der Waals surface area contributed by atoms with E-state index < -0.39 is 0 Å². The van der Waals surface area contributed by atoms with Crippen LogP contribution >= 0.6 is 0 Å². The average molecular weight is 361 g/mol. The van der Waals surface area contributed by atoms with Crippen molar-refractivity contribution < 1.29 is 4.79 Å². The Morgan fingerprint density at radius 3 is 3.00 bits per heavy atom. The number of hydrogen-bond donors (Lipinski definition) is 1. The van der Waals surface area contributed by atoms with E-state index in [4.69, 9.17) is 5.10 Å². The van der Waals surface area contributed by atoms with Crippen molar-refractivity contribution in [1.29, 1.82) is 0 Å². The van der Waals surface area contributed by atoms with E-state index >= 15 is 0 Å². The number of aromatic nitrogens is 6. The highest BCUT2D eigenvalue weighted by atomic mass is 16.2. The van der Waals surface area contributed by atoms with Gasteiger partial charge in [-0.05, 0) is 30.7 Å². The number of H-pyrrole nitrogens is 1. The van der Waals surface area contributed by atoms with E-state index in [0.717, 1.165) is 34.6 Å². The highest BCUT2D eigenvalue weighted by Gasteiger charge is 2.37. The number of pyridine rings is 1. The van der Waals surface area contributed by atoms with Gasteiger partial charge in [0.05, 0.1) is 23.2 Å². The summed E-state index contributed by atoms with van der Waals surface area (Å²) in [6.07, 6.45) is 5.99. The number of nitrogens with one attached hydrogen (secondary N) is 1. The summed E-state index contributed by atoms with van der Waals surface area (Å²) in [7, 11) is 1.78. The van der Waals surface area contributed by atoms with Gasteiger partial charge in [0.15, 0.2) is 0 Å². The molecule has 1 aliphatic heterocycles. The standard InChI is InChI=1S/C19H19N7O/c1-12-4-3-8-26-16(12)10-14(23-26)18-17-13(20-11-21-17)6-9-25(18)19(27)15-5-7-22-24(15)2/h3-5,7-8,10-11,18H,6,9H2,1-2H3,(H,20,21). The lowest BCUT2D eigenvalue weighted by atomic mass is 9.99. The maximum Gasteiger partial charge on any atom is 0.273 e. The Morgan fingerprint density at radius 1 is 1.33 bits per heavy atom. The van der Waals surface area contributed by atoms with E-state index in [9.17, 15) is 4.79 Å². The van der Waals surface area contributed by atoms with Crippen LogP contribution in [0.3, 0.4) is 0 Å². The van der Waals surface area contributed by atoms with Gasteiger partial charge >= 0.3 is 0 Å². The molecule has 0 saturated heterocycles. The third-order valence-electron chi connectivity index (χ3n) is 5.24. The van der Waals surface area contributed by atoms with Crippen LogP contribution in [0.5, 0.6) is 0 Å². The second-order valence-electron chi connectivity index (χ2n) is 6.85. The molecular weight excluding hydrogens is 342 g/mol. The van der Waals surface area contributed by atoms with Gasteiger partial charge in [-0.2, -0.15) is 10.2 Å². The number of carbonyl (C=O) groups excluding carboxylic acids is 1. The molecule has 1 N–H and O–H groups in total. The van der Waals surface area contributed by atoms with Gasteiger partial charge in [-0.15, -0.1) is 0 Å². The number of imidazole rings is 1. The van der Waals surface area contributed by atoms with Gasteiger partial charge in [-0.25, -0.2) is 9.50 Å². The molecule has 0 radical (unpaired) electrons. The highest BCUT2D eigenvalue weighted by Crippen LogP contribution is 2.34. The molecule has 0 aromatic carbocycles. The molecule has 4 aromatic heterocycles. The number of aryl methyl sites for hydroxylation is 2. The van der Waals surface area contributed by atoms with E-state index in [-0.39, 0.29) is 11.9 Å². The van der Waals surface area contributed by atoms with E-state index in [1.165, 1.54) is 0 Å². The minimum absolute atomic E-state index is 0.0672. The maximum atomic E-state index is 13.3. The minimum atomic E-state index is -0.332. The van der Waals surface area contributed by atoms with Crippen LogP contribution in [0.25, 0.3) is 5.52 Å². The number of rotatable bonds is 2. The fourth-order valence-corrected chi connectivity index (χ4v) is 3.84. The van der Waals surface area contributed by atoms with Crippen molar-refractivity contribution in [3.63, 3.8) is 0 Å². The Morgan fingerprint density at radius 2 is 2.22 bits per heavy atom. The Labute approximate surface area is 155 Å². The Balaban J connectivity index is 1.66. The molecule has 0 bridgehead atoms. The van der Waals surface area contributed by atoms with Crippen LogP contribution in [0, 0.1) is 6.92 Å².